The fourth-order valence-electron chi connectivity index (χ4n) is 2.72. The SMILES string of the molecule is CN(C)C(=O)CN=C(NCCSc1ccccc1)N1CCS(=O)(=O)C(C)(C)C1.I. The Kier molecular flexibility index (Phi) is 10.2. The van der Waals surface area contributed by atoms with Crippen LogP contribution in [0.1, 0.15) is 13.8 Å². The Morgan fingerprint density at radius 3 is 2.52 bits per heavy atom. The fraction of sp³-hybridized carbons (Fsp3) is 0.579. The Bertz CT molecular complexity index is 799. The number of benzene rings is 1. The number of hydrogen-bond acceptors (Lipinski definition) is 5. The van der Waals surface area contributed by atoms with E-state index in [1.165, 1.54) is 9.80 Å². The van der Waals surface area contributed by atoms with E-state index in [0.29, 0.717) is 25.6 Å². The first kappa shape index (κ1) is 26.0. The molecule has 0 radical (unpaired) electrons. The van der Waals surface area contributed by atoms with Crippen LogP contribution < -0.4 is 5.32 Å². The van der Waals surface area contributed by atoms with Gasteiger partial charge >= 0.3 is 0 Å². The van der Waals surface area contributed by atoms with E-state index in [0.717, 1.165) is 5.75 Å². The van der Waals surface area contributed by atoms with Gasteiger partial charge in [0.25, 0.3) is 0 Å². The monoisotopic (exact) mass is 554 g/mol. The molecule has 1 aromatic rings. The molecular weight excluding hydrogens is 523 g/mol. The van der Waals surface area contributed by atoms with Crippen molar-refractivity contribution in [2.45, 2.75) is 23.5 Å². The number of thioether (sulfide) groups is 1. The Balaban J connectivity index is 0.00000420. The molecule has 1 aromatic carbocycles. The molecular formula is C19H31IN4O3S2. The highest BCUT2D eigenvalue weighted by atomic mass is 127. The lowest BCUT2D eigenvalue weighted by molar-refractivity contribution is -0.127. The third-order valence-corrected chi connectivity index (χ3v) is 8.15. The Morgan fingerprint density at radius 1 is 1.28 bits per heavy atom. The van der Waals surface area contributed by atoms with Crippen LogP contribution in [0.5, 0.6) is 0 Å². The van der Waals surface area contributed by atoms with E-state index >= 15 is 0 Å². The number of rotatable bonds is 6. The minimum Gasteiger partial charge on any atom is -0.355 e. The maximum absolute atomic E-state index is 12.3. The molecule has 0 aliphatic carbocycles. The molecule has 0 saturated carbocycles. The van der Waals surface area contributed by atoms with Gasteiger partial charge in [-0.2, -0.15) is 0 Å². The largest absolute Gasteiger partial charge is 0.355 e. The number of nitrogens with one attached hydrogen (secondary N) is 1. The average molecular weight is 555 g/mol. The molecule has 164 valence electrons. The van der Waals surface area contributed by atoms with Crippen molar-refractivity contribution in [1.82, 2.24) is 15.1 Å². The maximum atomic E-state index is 12.3. The number of nitrogens with zero attached hydrogens (tertiary/aromatic N) is 3. The summed E-state index contributed by atoms with van der Waals surface area (Å²) in [6.45, 7) is 4.90. The van der Waals surface area contributed by atoms with Crippen molar-refractivity contribution in [3.05, 3.63) is 30.3 Å². The summed E-state index contributed by atoms with van der Waals surface area (Å²) in [5.41, 5.74) is 0. The summed E-state index contributed by atoms with van der Waals surface area (Å²) in [6, 6.07) is 10.1. The molecule has 1 saturated heterocycles. The van der Waals surface area contributed by atoms with Gasteiger partial charge < -0.3 is 15.1 Å². The van der Waals surface area contributed by atoms with E-state index in [1.54, 1.807) is 39.7 Å². The fourth-order valence-corrected chi connectivity index (χ4v) is 4.88. The molecule has 1 N–H and O–H groups in total. The van der Waals surface area contributed by atoms with Crippen LogP contribution in [0.25, 0.3) is 0 Å². The molecule has 1 fully saturated rings. The molecule has 2 rings (SSSR count). The van der Waals surface area contributed by atoms with Crippen LogP contribution in [0.15, 0.2) is 40.2 Å². The summed E-state index contributed by atoms with van der Waals surface area (Å²) in [5.74, 6) is 1.41. The summed E-state index contributed by atoms with van der Waals surface area (Å²) in [6.07, 6.45) is 0. The number of guanidine groups is 1. The number of sulfone groups is 1. The molecule has 0 bridgehead atoms. The predicted molar refractivity (Wildman–Crippen MR) is 131 cm³/mol. The van der Waals surface area contributed by atoms with Gasteiger partial charge in [0, 0.05) is 44.4 Å². The van der Waals surface area contributed by atoms with Crippen LogP contribution in [0.4, 0.5) is 0 Å². The third kappa shape index (κ3) is 7.63. The molecule has 10 heteroatoms. The molecule has 1 aliphatic heterocycles. The van der Waals surface area contributed by atoms with Gasteiger partial charge in [0.15, 0.2) is 15.8 Å². The van der Waals surface area contributed by atoms with Gasteiger partial charge in [-0.15, -0.1) is 35.7 Å². The van der Waals surface area contributed by atoms with E-state index in [1.807, 2.05) is 23.1 Å². The van der Waals surface area contributed by atoms with E-state index in [9.17, 15) is 13.2 Å². The van der Waals surface area contributed by atoms with Gasteiger partial charge in [0.1, 0.15) is 6.54 Å². The Hall–Kier alpha value is -1.01. The van der Waals surface area contributed by atoms with E-state index in [-0.39, 0.29) is 42.2 Å². The number of hydrogen-bond donors (Lipinski definition) is 1. The molecule has 0 unspecified atom stereocenters. The molecule has 0 aromatic heterocycles. The van der Waals surface area contributed by atoms with Crippen LogP contribution in [0.3, 0.4) is 0 Å². The van der Waals surface area contributed by atoms with E-state index in [4.69, 9.17) is 0 Å². The van der Waals surface area contributed by atoms with Crippen molar-refractivity contribution in [3.63, 3.8) is 0 Å². The van der Waals surface area contributed by atoms with E-state index < -0.39 is 14.6 Å². The lowest BCUT2D eigenvalue weighted by atomic mass is 10.2. The maximum Gasteiger partial charge on any atom is 0.243 e. The Morgan fingerprint density at radius 2 is 1.93 bits per heavy atom. The normalized spacial score (nSPS) is 17.9. The molecule has 1 aliphatic rings. The number of carbonyl (C=O) groups is 1. The summed E-state index contributed by atoms with van der Waals surface area (Å²) >= 11 is 1.73. The molecule has 1 amide bonds. The second-order valence-corrected chi connectivity index (χ2v) is 11.4. The molecule has 0 atom stereocenters. The highest BCUT2D eigenvalue weighted by molar-refractivity contribution is 14.0. The highest BCUT2D eigenvalue weighted by Crippen LogP contribution is 2.23. The van der Waals surface area contributed by atoms with Crippen molar-refractivity contribution >= 4 is 57.4 Å². The smallest absolute Gasteiger partial charge is 0.243 e. The summed E-state index contributed by atoms with van der Waals surface area (Å²) in [5, 5.41) is 3.31. The number of aliphatic imine (C=N–C) groups is 1. The van der Waals surface area contributed by atoms with Gasteiger partial charge in [-0.3, -0.25) is 4.79 Å². The lowest BCUT2D eigenvalue weighted by Gasteiger charge is -2.39. The van der Waals surface area contributed by atoms with Crippen molar-refractivity contribution in [1.29, 1.82) is 0 Å². The number of carbonyl (C=O) groups excluding carboxylic acids is 1. The minimum absolute atomic E-state index is 0. The summed E-state index contributed by atoms with van der Waals surface area (Å²) < 4.78 is 23.7. The highest BCUT2D eigenvalue weighted by Gasteiger charge is 2.41. The first-order valence-electron chi connectivity index (χ1n) is 9.26. The number of halogens is 1. The van der Waals surface area contributed by atoms with Crippen LogP contribution in [0.2, 0.25) is 0 Å². The van der Waals surface area contributed by atoms with Crippen LogP contribution >= 0.6 is 35.7 Å². The number of likely N-dealkylation sites (N-methyl/N-ethyl adjacent to an activating group) is 1. The molecule has 1 heterocycles. The van der Waals surface area contributed by atoms with Crippen LogP contribution in [0, 0.1) is 0 Å². The first-order valence-corrected chi connectivity index (χ1v) is 11.9. The van der Waals surface area contributed by atoms with Crippen molar-refractivity contribution in [3.8, 4) is 0 Å². The zero-order valence-corrected chi connectivity index (χ0v) is 21.4. The standard InChI is InChI=1S/C19H30N4O3S2.HI/c1-19(2)15-23(11-13-28(19,25)26)18(21-14-17(24)22(3)4)20-10-12-27-16-8-6-5-7-9-16;/h5-9H,10-15H2,1-4H3,(H,20,21);1H. The molecule has 29 heavy (non-hydrogen) atoms. The summed E-state index contributed by atoms with van der Waals surface area (Å²) in [7, 11) is 0.248. The second kappa shape index (κ2) is 11.4. The quantitative estimate of drug-likeness (QED) is 0.190. The predicted octanol–water partition coefficient (Wildman–Crippen LogP) is 1.94. The average Bonchev–Trinajstić information content (AvgIpc) is 2.64. The lowest BCUT2D eigenvalue weighted by Crippen LogP contribution is -2.57. The van der Waals surface area contributed by atoms with Gasteiger partial charge in [0.05, 0.1) is 10.5 Å². The van der Waals surface area contributed by atoms with Crippen molar-refractivity contribution < 1.29 is 13.2 Å². The molecule has 7 nitrogen and oxygen atoms in total. The third-order valence-electron chi connectivity index (χ3n) is 4.60. The topological polar surface area (TPSA) is 82.1 Å². The van der Waals surface area contributed by atoms with Crippen LogP contribution in [-0.4, -0.2) is 86.6 Å². The van der Waals surface area contributed by atoms with Gasteiger partial charge in [-0.05, 0) is 26.0 Å². The molecule has 0 spiro atoms. The second-order valence-electron chi connectivity index (χ2n) is 7.52. The van der Waals surface area contributed by atoms with Crippen LogP contribution in [-0.2, 0) is 14.6 Å². The number of amides is 1. The van der Waals surface area contributed by atoms with Gasteiger partial charge in [-0.1, -0.05) is 18.2 Å². The van der Waals surface area contributed by atoms with Gasteiger partial charge in [0.2, 0.25) is 5.91 Å². The minimum atomic E-state index is -3.14. The zero-order valence-electron chi connectivity index (χ0n) is 17.4. The Labute approximate surface area is 195 Å². The first-order chi connectivity index (χ1) is 13.1. The van der Waals surface area contributed by atoms with Crippen molar-refractivity contribution in [2.24, 2.45) is 4.99 Å². The zero-order chi connectivity index (χ0) is 20.8. The van der Waals surface area contributed by atoms with Crippen molar-refractivity contribution in [2.75, 3.05) is 51.8 Å². The van der Waals surface area contributed by atoms with E-state index in [2.05, 4.69) is 22.4 Å². The van der Waals surface area contributed by atoms with Gasteiger partial charge in [-0.25, -0.2) is 13.4 Å². The summed E-state index contributed by atoms with van der Waals surface area (Å²) in [4.78, 5) is 21.0.